The zero-order valence-corrected chi connectivity index (χ0v) is 10.8. The highest BCUT2D eigenvalue weighted by Gasteiger charge is 2.60. The van der Waals surface area contributed by atoms with E-state index >= 15 is 0 Å². The summed E-state index contributed by atoms with van der Waals surface area (Å²) in [4.78, 5) is 4.85. The van der Waals surface area contributed by atoms with Crippen LogP contribution in [0.15, 0.2) is 4.99 Å². The Labute approximate surface area is 98.7 Å². The third-order valence-corrected chi connectivity index (χ3v) is 5.01. The van der Waals surface area contributed by atoms with Crippen molar-refractivity contribution in [3.05, 3.63) is 0 Å². The van der Waals surface area contributed by atoms with Gasteiger partial charge in [0.25, 0.3) is 0 Å². The zero-order chi connectivity index (χ0) is 11.6. The second-order valence-electron chi connectivity index (χ2n) is 7.61. The lowest BCUT2D eigenvalue weighted by atomic mass is 9.43. The Hall–Kier alpha value is -0.530. The molecule has 4 fully saturated rings. The van der Waals surface area contributed by atoms with Gasteiger partial charge in [-0.2, -0.15) is 0 Å². The van der Waals surface area contributed by atoms with Gasteiger partial charge in [0.1, 0.15) is 0 Å². The quantitative estimate of drug-likeness (QED) is 0.535. The van der Waals surface area contributed by atoms with Crippen LogP contribution in [0.1, 0.15) is 59.3 Å². The number of aliphatic imine (C=N–C) groups is 1. The van der Waals surface area contributed by atoms with Gasteiger partial charge < -0.3 is 5.73 Å². The third kappa shape index (κ3) is 1.49. The Kier molecular flexibility index (Phi) is 1.88. The predicted octanol–water partition coefficient (Wildman–Crippen LogP) is 3.11. The fourth-order valence-electron chi connectivity index (χ4n) is 5.89. The van der Waals surface area contributed by atoms with Crippen molar-refractivity contribution in [1.82, 2.24) is 0 Å². The van der Waals surface area contributed by atoms with Crippen LogP contribution in [0.4, 0.5) is 0 Å². The Bertz CT molecular complexity index is 336. The molecule has 2 N–H and O–H groups in total. The van der Waals surface area contributed by atoms with E-state index in [4.69, 9.17) is 10.7 Å². The van der Waals surface area contributed by atoms with Crippen molar-refractivity contribution < 1.29 is 0 Å². The van der Waals surface area contributed by atoms with Crippen LogP contribution >= 0.6 is 0 Å². The van der Waals surface area contributed by atoms with Crippen LogP contribution in [0, 0.1) is 16.7 Å². The first-order valence-corrected chi connectivity index (χ1v) is 6.64. The van der Waals surface area contributed by atoms with Crippen molar-refractivity contribution >= 4 is 5.84 Å². The molecule has 0 aromatic heterocycles. The number of rotatable bonds is 1. The highest BCUT2D eigenvalue weighted by Crippen LogP contribution is 2.67. The monoisotopic (exact) mass is 220 g/mol. The molecule has 4 rings (SSSR count). The van der Waals surface area contributed by atoms with Crippen LogP contribution in [0.3, 0.4) is 0 Å². The van der Waals surface area contributed by atoms with Gasteiger partial charge in [-0.05, 0) is 62.2 Å². The summed E-state index contributed by atoms with van der Waals surface area (Å²) in [5.74, 6) is 1.70. The molecule has 0 aromatic carbocycles. The van der Waals surface area contributed by atoms with Gasteiger partial charge in [0, 0.05) is 0 Å². The van der Waals surface area contributed by atoms with E-state index in [-0.39, 0.29) is 5.54 Å². The van der Waals surface area contributed by atoms with Crippen molar-refractivity contribution in [1.29, 1.82) is 0 Å². The molecule has 0 aromatic rings. The van der Waals surface area contributed by atoms with Gasteiger partial charge in [0.15, 0.2) is 0 Å². The summed E-state index contributed by atoms with van der Waals surface area (Å²) in [6, 6.07) is 0. The molecule has 2 unspecified atom stereocenters. The third-order valence-electron chi connectivity index (χ3n) is 5.01. The highest BCUT2D eigenvalue weighted by molar-refractivity contribution is 5.78. The molecule has 90 valence electrons. The summed E-state index contributed by atoms with van der Waals surface area (Å²) in [5, 5.41) is 0. The number of nitrogens with two attached hydrogens (primary N) is 1. The summed E-state index contributed by atoms with van der Waals surface area (Å²) in [5.41, 5.74) is 7.16. The van der Waals surface area contributed by atoms with E-state index in [2.05, 4.69) is 13.8 Å². The molecule has 16 heavy (non-hydrogen) atoms. The Balaban J connectivity index is 2.01. The molecule has 4 bridgehead atoms. The minimum Gasteiger partial charge on any atom is -0.388 e. The molecule has 2 nitrogen and oxygen atoms in total. The Morgan fingerprint density at radius 2 is 1.62 bits per heavy atom. The summed E-state index contributed by atoms with van der Waals surface area (Å²) >= 11 is 0. The molecule has 0 aliphatic heterocycles. The first-order valence-electron chi connectivity index (χ1n) is 6.64. The van der Waals surface area contributed by atoms with E-state index in [1.807, 2.05) is 6.92 Å². The molecule has 4 saturated carbocycles. The maximum absolute atomic E-state index is 5.85. The lowest BCUT2D eigenvalue weighted by Crippen LogP contribution is -2.58. The van der Waals surface area contributed by atoms with Crippen LogP contribution in [0.5, 0.6) is 0 Å². The van der Waals surface area contributed by atoms with Gasteiger partial charge in [-0.25, -0.2) is 0 Å². The van der Waals surface area contributed by atoms with E-state index in [0.29, 0.717) is 10.8 Å². The average Bonchev–Trinajstić information content (AvgIpc) is 1.91. The second-order valence-corrected chi connectivity index (χ2v) is 7.61. The Morgan fingerprint density at radius 1 is 1.06 bits per heavy atom. The van der Waals surface area contributed by atoms with Crippen LogP contribution in [-0.2, 0) is 0 Å². The first kappa shape index (κ1) is 10.6. The molecule has 0 amide bonds. The molecule has 2 atom stereocenters. The molecule has 0 spiro atoms. The van der Waals surface area contributed by atoms with Gasteiger partial charge in [-0.1, -0.05) is 13.8 Å². The molecule has 0 radical (unpaired) electrons. The summed E-state index contributed by atoms with van der Waals surface area (Å²) < 4.78 is 0. The molecule has 4 aliphatic carbocycles. The van der Waals surface area contributed by atoms with Crippen LogP contribution in [0.2, 0.25) is 0 Å². The van der Waals surface area contributed by atoms with Crippen LogP contribution in [0.25, 0.3) is 0 Å². The first-order chi connectivity index (χ1) is 7.32. The molecule has 0 heterocycles. The zero-order valence-electron chi connectivity index (χ0n) is 10.8. The fraction of sp³-hybridized carbons (Fsp3) is 0.929. The number of hydrogen-bond acceptors (Lipinski definition) is 1. The van der Waals surface area contributed by atoms with Gasteiger partial charge in [-0.15, -0.1) is 0 Å². The van der Waals surface area contributed by atoms with E-state index in [1.54, 1.807) is 0 Å². The van der Waals surface area contributed by atoms with Gasteiger partial charge in [0.05, 0.1) is 11.4 Å². The maximum atomic E-state index is 5.85. The molecular weight excluding hydrogens is 196 g/mol. The number of nitrogens with zero attached hydrogens (tertiary/aromatic N) is 1. The van der Waals surface area contributed by atoms with Crippen molar-refractivity contribution in [3.63, 3.8) is 0 Å². The highest BCUT2D eigenvalue weighted by atomic mass is 15.0. The number of hydrogen-bond donors (Lipinski definition) is 1. The topological polar surface area (TPSA) is 38.4 Å². The molecular formula is C14H24N2. The van der Waals surface area contributed by atoms with Crippen molar-refractivity contribution in [2.24, 2.45) is 27.5 Å². The minimum atomic E-state index is 0.210. The smallest absolute Gasteiger partial charge is 0.0912 e. The van der Waals surface area contributed by atoms with Crippen LogP contribution in [-0.4, -0.2) is 11.4 Å². The lowest BCUT2D eigenvalue weighted by Gasteiger charge is -2.64. The summed E-state index contributed by atoms with van der Waals surface area (Å²) in [6.07, 6.45) is 8.14. The molecule has 2 heteroatoms. The van der Waals surface area contributed by atoms with Crippen molar-refractivity contribution in [2.45, 2.75) is 64.8 Å². The SMILES string of the molecule is CC(N)=NC12CC3CC(C)(CC(C)(C3)C1)C2. The van der Waals surface area contributed by atoms with Gasteiger partial charge in [0.2, 0.25) is 0 Å². The summed E-state index contributed by atoms with van der Waals surface area (Å²) in [6.45, 7) is 6.90. The van der Waals surface area contributed by atoms with Crippen molar-refractivity contribution in [2.75, 3.05) is 0 Å². The Morgan fingerprint density at radius 3 is 2.06 bits per heavy atom. The molecule has 4 aliphatic rings. The second kappa shape index (κ2) is 2.83. The van der Waals surface area contributed by atoms with E-state index in [0.717, 1.165) is 11.8 Å². The normalized spacial score (nSPS) is 55.7. The minimum absolute atomic E-state index is 0.210. The largest absolute Gasteiger partial charge is 0.388 e. The van der Waals surface area contributed by atoms with Crippen LogP contribution < -0.4 is 5.73 Å². The fourth-order valence-corrected chi connectivity index (χ4v) is 5.89. The summed E-state index contributed by atoms with van der Waals surface area (Å²) in [7, 11) is 0. The van der Waals surface area contributed by atoms with Crippen molar-refractivity contribution in [3.8, 4) is 0 Å². The van der Waals surface area contributed by atoms with Gasteiger partial charge >= 0.3 is 0 Å². The standard InChI is InChI=1S/C14H24N2/c1-10(15)16-14-6-11-4-12(2,8-14)7-13(3,5-11)9-14/h11H,4-9H2,1-3H3,(H2,15,16). The predicted molar refractivity (Wildman–Crippen MR) is 67.4 cm³/mol. The number of amidine groups is 1. The van der Waals surface area contributed by atoms with E-state index in [1.165, 1.54) is 38.5 Å². The van der Waals surface area contributed by atoms with E-state index in [9.17, 15) is 0 Å². The van der Waals surface area contributed by atoms with E-state index < -0.39 is 0 Å². The molecule has 0 saturated heterocycles. The lowest BCUT2D eigenvalue weighted by molar-refractivity contribution is -0.104. The average molecular weight is 220 g/mol. The maximum Gasteiger partial charge on any atom is 0.0912 e. The van der Waals surface area contributed by atoms with Gasteiger partial charge in [-0.3, -0.25) is 4.99 Å².